The van der Waals surface area contributed by atoms with Crippen molar-refractivity contribution in [1.29, 1.82) is 0 Å². The molecule has 0 bridgehead atoms. The minimum Gasteiger partial charge on any atom is -0.465 e. The van der Waals surface area contributed by atoms with Crippen LogP contribution in [0.1, 0.15) is 49.3 Å². The Morgan fingerprint density at radius 1 is 0.800 bits per heavy atom. The first kappa shape index (κ1) is 24.7. The van der Waals surface area contributed by atoms with Crippen LogP contribution in [0.5, 0.6) is 0 Å². The molecular formula is C30H32O5. The zero-order valence-electron chi connectivity index (χ0n) is 20.3. The highest BCUT2D eigenvalue weighted by Gasteiger charge is 2.29. The van der Waals surface area contributed by atoms with Gasteiger partial charge >= 0.3 is 11.9 Å². The van der Waals surface area contributed by atoms with Crippen molar-refractivity contribution in [2.24, 2.45) is 5.92 Å². The second-order valence-corrected chi connectivity index (χ2v) is 9.12. The van der Waals surface area contributed by atoms with Gasteiger partial charge in [-0.05, 0) is 48.1 Å². The number of hydrogen-bond acceptors (Lipinski definition) is 5. The maximum atomic E-state index is 12.7. The highest BCUT2D eigenvalue weighted by atomic mass is 16.5. The molecule has 0 aromatic heterocycles. The van der Waals surface area contributed by atoms with E-state index in [1.807, 2.05) is 68.4 Å². The molecule has 1 aliphatic carbocycles. The van der Waals surface area contributed by atoms with Crippen molar-refractivity contribution in [3.63, 3.8) is 0 Å². The van der Waals surface area contributed by atoms with Gasteiger partial charge in [0, 0.05) is 12.3 Å². The lowest BCUT2D eigenvalue weighted by molar-refractivity contribution is -0.153. The van der Waals surface area contributed by atoms with Crippen molar-refractivity contribution in [2.45, 2.75) is 45.3 Å². The highest BCUT2D eigenvalue weighted by molar-refractivity contribution is 5.79. The Bertz CT molecular complexity index is 1090. The Balaban J connectivity index is 1.32. The summed E-state index contributed by atoms with van der Waals surface area (Å²) in [5.74, 6) is -1.19. The maximum absolute atomic E-state index is 12.7. The minimum absolute atomic E-state index is 0.0160. The average Bonchev–Trinajstić information content (AvgIpc) is 3.20. The lowest BCUT2D eigenvalue weighted by Gasteiger charge is -2.18. The summed E-state index contributed by atoms with van der Waals surface area (Å²) in [7, 11) is 0. The topological polar surface area (TPSA) is 61.8 Å². The Labute approximate surface area is 207 Å². The first-order valence-electron chi connectivity index (χ1n) is 12.2. The number of carbonyl (C=O) groups is 2. The van der Waals surface area contributed by atoms with Crippen LogP contribution < -0.4 is 0 Å². The second kappa shape index (κ2) is 11.8. The minimum atomic E-state index is -0.526. The van der Waals surface area contributed by atoms with Gasteiger partial charge in [0.2, 0.25) is 0 Å². The summed E-state index contributed by atoms with van der Waals surface area (Å²) in [5.41, 5.74) is 5.65. The molecule has 35 heavy (non-hydrogen) atoms. The molecule has 3 aromatic carbocycles. The van der Waals surface area contributed by atoms with Crippen LogP contribution in [0.15, 0.2) is 78.9 Å². The lowest BCUT2D eigenvalue weighted by Crippen LogP contribution is -2.25. The van der Waals surface area contributed by atoms with Crippen LogP contribution >= 0.6 is 0 Å². The highest BCUT2D eigenvalue weighted by Crippen LogP contribution is 2.44. The van der Waals surface area contributed by atoms with E-state index in [9.17, 15) is 9.59 Å². The van der Waals surface area contributed by atoms with Gasteiger partial charge in [0.1, 0.15) is 13.2 Å². The van der Waals surface area contributed by atoms with Crippen LogP contribution in [0.2, 0.25) is 0 Å². The SMILES string of the molecule is CC(C)OC[C@@H](CCC(=O)OCC1c2ccccc2-c2ccccc21)C(=O)OCc1ccccc1. The van der Waals surface area contributed by atoms with Gasteiger partial charge in [0.05, 0.1) is 18.6 Å². The van der Waals surface area contributed by atoms with Crippen LogP contribution in [-0.4, -0.2) is 31.3 Å². The summed E-state index contributed by atoms with van der Waals surface area (Å²) in [6.45, 7) is 4.51. The van der Waals surface area contributed by atoms with Gasteiger partial charge < -0.3 is 14.2 Å². The van der Waals surface area contributed by atoms with Crippen LogP contribution in [-0.2, 0) is 30.4 Å². The normalized spacial score (nSPS) is 13.2. The van der Waals surface area contributed by atoms with Gasteiger partial charge in [-0.1, -0.05) is 78.9 Å². The molecule has 0 unspecified atom stereocenters. The quantitative estimate of drug-likeness (QED) is 0.325. The number of rotatable bonds is 11. The fourth-order valence-electron chi connectivity index (χ4n) is 4.40. The molecule has 0 radical (unpaired) electrons. The van der Waals surface area contributed by atoms with Crippen molar-refractivity contribution in [3.05, 3.63) is 95.6 Å². The number of fused-ring (bicyclic) bond motifs is 3. The molecule has 0 heterocycles. The smallest absolute Gasteiger partial charge is 0.311 e. The lowest BCUT2D eigenvalue weighted by atomic mass is 9.98. The number of hydrogen-bond donors (Lipinski definition) is 0. The van der Waals surface area contributed by atoms with Gasteiger partial charge in [0.15, 0.2) is 0 Å². The fourth-order valence-corrected chi connectivity index (χ4v) is 4.40. The average molecular weight is 473 g/mol. The standard InChI is InChI=1S/C30H32O5/c1-21(2)33-19-23(30(32)35-18-22-10-4-3-5-11-22)16-17-29(31)34-20-28-26-14-8-6-12-24(26)25-13-7-9-15-27(25)28/h3-15,21,23,28H,16-20H2,1-2H3/t23-/m1/s1. The van der Waals surface area contributed by atoms with Crippen LogP contribution in [0.25, 0.3) is 11.1 Å². The zero-order valence-corrected chi connectivity index (χ0v) is 20.3. The molecule has 5 nitrogen and oxygen atoms in total. The van der Waals surface area contributed by atoms with Crippen LogP contribution in [0.4, 0.5) is 0 Å². The van der Waals surface area contributed by atoms with E-state index in [4.69, 9.17) is 14.2 Å². The monoisotopic (exact) mass is 472 g/mol. The van der Waals surface area contributed by atoms with Gasteiger partial charge in [-0.25, -0.2) is 0 Å². The maximum Gasteiger partial charge on any atom is 0.311 e. The molecule has 0 saturated heterocycles. The zero-order chi connectivity index (χ0) is 24.6. The third kappa shape index (κ3) is 6.37. The molecule has 1 atom stereocenters. The Hall–Kier alpha value is -3.44. The van der Waals surface area contributed by atoms with E-state index >= 15 is 0 Å². The Kier molecular flexibility index (Phi) is 8.32. The second-order valence-electron chi connectivity index (χ2n) is 9.12. The van der Waals surface area contributed by atoms with E-state index in [0.717, 1.165) is 5.56 Å². The first-order valence-corrected chi connectivity index (χ1v) is 12.2. The van der Waals surface area contributed by atoms with Crippen molar-refractivity contribution in [2.75, 3.05) is 13.2 Å². The van der Waals surface area contributed by atoms with Crippen molar-refractivity contribution >= 4 is 11.9 Å². The number of esters is 2. The van der Waals surface area contributed by atoms with Gasteiger partial charge in [0.25, 0.3) is 0 Å². The third-order valence-electron chi connectivity index (χ3n) is 6.26. The molecule has 5 heteroatoms. The fraction of sp³-hybridized carbons (Fsp3) is 0.333. The van der Waals surface area contributed by atoms with E-state index < -0.39 is 5.92 Å². The van der Waals surface area contributed by atoms with Crippen molar-refractivity contribution in [1.82, 2.24) is 0 Å². The summed E-state index contributed by atoms with van der Waals surface area (Å²) >= 11 is 0. The van der Waals surface area contributed by atoms with E-state index in [1.165, 1.54) is 22.3 Å². The van der Waals surface area contributed by atoms with E-state index in [2.05, 4.69) is 24.3 Å². The van der Waals surface area contributed by atoms with Gasteiger partial charge in [-0.15, -0.1) is 0 Å². The first-order chi connectivity index (χ1) is 17.0. The van der Waals surface area contributed by atoms with Crippen LogP contribution in [0, 0.1) is 5.92 Å². The summed E-state index contributed by atoms with van der Waals surface area (Å²) < 4.78 is 16.9. The van der Waals surface area contributed by atoms with E-state index in [-0.39, 0.29) is 50.2 Å². The number of benzene rings is 3. The molecule has 3 aromatic rings. The van der Waals surface area contributed by atoms with E-state index in [0.29, 0.717) is 6.42 Å². The molecule has 0 amide bonds. The molecule has 0 spiro atoms. The molecule has 1 aliphatic rings. The Morgan fingerprint density at radius 2 is 1.40 bits per heavy atom. The van der Waals surface area contributed by atoms with E-state index in [1.54, 1.807) is 0 Å². The summed E-state index contributed by atoms with van der Waals surface area (Å²) in [6, 6.07) is 26.0. The summed E-state index contributed by atoms with van der Waals surface area (Å²) in [5, 5.41) is 0. The molecule has 4 rings (SSSR count). The number of ether oxygens (including phenoxy) is 3. The van der Waals surface area contributed by atoms with Gasteiger partial charge in [-0.2, -0.15) is 0 Å². The molecule has 0 N–H and O–H groups in total. The van der Waals surface area contributed by atoms with Gasteiger partial charge in [-0.3, -0.25) is 9.59 Å². The van der Waals surface area contributed by atoms with Crippen molar-refractivity contribution < 1.29 is 23.8 Å². The largest absolute Gasteiger partial charge is 0.465 e. The predicted octanol–water partition coefficient (Wildman–Crippen LogP) is 5.91. The molecular weight excluding hydrogens is 440 g/mol. The van der Waals surface area contributed by atoms with Crippen molar-refractivity contribution in [3.8, 4) is 11.1 Å². The molecule has 0 fully saturated rings. The summed E-state index contributed by atoms with van der Waals surface area (Å²) in [4.78, 5) is 25.4. The van der Waals surface area contributed by atoms with Crippen LogP contribution in [0.3, 0.4) is 0 Å². The number of carbonyl (C=O) groups excluding carboxylic acids is 2. The Morgan fingerprint density at radius 3 is 2.03 bits per heavy atom. The molecule has 182 valence electrons. The summed E-state index contributed by atoms with van der Waals surface area (Å²) in [6.07, 6.45) is 0.424. The molecule has 0 saturated carbocycles. The molecule has 0 aliphatic heterocycles. The predicted molar refractivity (Wildman–Crippen MR) is 135 cm³/mol. The third-order valence-corrected chi connectivity index (χ3v) is 6.26.